The number of anilines is 1. The lowest BCUT2D eigenvalue weighted by Crippen LogP contribution is -2.47. The number of carbonyl (C=O) groups is 1. The summed E-state index contributed by atoms with van der Waals surface area (Å²) in [5, 5.41) is 9.08. The van der Waals surface area contributed by atoms with Crippen LogP contribution in [-0.4, -0.2) is 29.7 Å². The van der Waals surface area contributed by atoms with E-state index in [1.807, 2.05) is 46.4 Å². The molecule has 1 N–H and O–H groups in total. The highest BCUT2D eigenvalue weighted by atomic mass is 35.5. The number of hydrazone groups is 1. The van der Waals surface area contributed by atoms with Crippen LogP contribution in [0.15, 0.2) is 41.5 Å². The second-order valence-corrected chi connectivity index (χ2v) is 8.85. The number of halogens is 2. The Hall–Kier alpha value is -1.60. The fraction of sp³-hybridized carbons (Fsp3) is 0.368. The normalized spacial score (nSPS) is 20.6. The van der Waals surface area contributed by atoms with Gasteiger partial charge in [-0.25, -0.2) is 5.01 Å². The number of nitrogens with zero attached hydrogens (tertiary/aromatic N) is 3. The van der Waals surface area contributed by atoms with Gasteiger partial charge in [-0.15, -0.1) is 11.3 Å². The molecule has 1 aromatic heterocycles. The summed E-state index contributed by atoms with van der Waals surface area (Å²) in [6.07, 6.45) is 3.94. The van der Waals surface area contributed by atoms with E-state index in [0.717, 1.165) is 40.8 Å². The number of carbonyl (C=O) groups excluding carboxylic acids is 1. The topological polar surface area (TPSA) is 47.9 Å². The molecule has 27 heavy (non-hydrogen) atoms. The number of hydrazine groups is 1. The smallest absolute Gasteiger partial charge is 0.281 e. The maximum absolute atomic E-state index is 12.8. The Balaban J connectivity index is 1.60. The molecule has 1 unspecified atom stereocenters. The lowest BCUT2D eigenvalue weighted by Gasteiger charge is -2.26. The number of benzene rings is 1. The molecule has 0 radical (unpaired) electrons. The summed E-state index contributed by atoms with van der Waals surface area (Å²) in [7, 11) is 0. The van der Waals surface area contributed by atoms with Crippen LogP contribution < -0.4 is 10.4 Å². The first-order chi connectivity index (χ1) is 13.1. The second kappa shape index (κ2) is 8.19. The molecule has 1 saturated heterocycles. The third kappa shape index (κ3) is 4.14. The number of thiophene rings is 1. The van der Waals surface area contributed by atoms with Crippen LogP contribution >= 0.6 is 34.5 Å². The van der Waals surface area contributed by atoms with E-state index in [4.69, 9.17) is 23.2 Å². The minimum absolute atomic E-state index is 0.0931. The van der Waals surface area contributed by atoms with Crippen molar-refractivity contribution in [2.24, 2.45) is 5.10 Å². The second-order valence-electron chi connectivity index (χ2n) is 6.69. The Bertz CT molecular complexity index is 863. The maximum atomic E-state index is 12.8. The molecular weight excluding hydrogens is 403 g/mol. The first-order valence-electron chi connectivity index (χ1n) is 9.04. The van der Waals surface area contributed by atoms with Gasteiger partial charge in [0.15, 0.2) is 0 Å². The van der Waals surface area contributed by atoms with Gasteiger partial charge in [0.05, 0.1) is 21.1 Å². The van der Waals surface area contributed by atoms with Crippen LogP contribution in [0.4, 0.5) is 5.69 Å². The van der Waals surface area contributed by atoms with E-state index in [1.165, 1.54) is 17.8 Å². The minimum atomic E-state index is -0.140. The van der Waals surface area contributed by atoms with Crippen molar-refractivity contribution in [2.45, 2.75) is 31.7 Å². The highest BCUT2D eigenvalue weighted by Gasteiger charge is 2.34. The summed E-state index contributed by atoms with van der Waals surface area (Å²) in [5.41, 5.74) is 4.30. The number of piperidine rings is 1. The van der Waals surface area contributed by atoms with E-state index in [9.17, 15) is 4.79 Å². The zero-order chi connectivity index (χ0) is 18.8. The van der Waals surface area contributed by atoms with E-state index in [1.54, 1.807) is 0 Å². The lowest BCUT2D eigenvalue weighted by molar-refractivity contribution is -0.119. The molecular formula is C19H20Cl2N4OS. The molecule has 2 aromatic rings. The molecule has 3 heterocycles. The molecule has 8 heteroatoms. The van der Waals surface area contributed by atoms with Gasteiger partial charge >= 0.3 is 0 Å². The van der Waals surface area contributed by atoms with Gasteiger partial charge < -0.3 is 0 Å². The molecule has 2 aliphatic heterocycles. The summed E-state index contributed by atoms with van der Waals surface area (Å²) in [4.78, 5) is 13.9. The van der Waals surface area contributed by atoms with E-state index in [0.29, 0.717) is 17.2 Å². The molecule has 0 saturated carbocycles. The quantitative estimate of drug-likeness (QED) is 0.763. The summed E-state index contributed by atoms with van der Waals surface area (Å²) >= 11 is 14.0. The predicted molar refractivity (Wildman–Crippen MR) is 112 cm³/mol. The molecule has 5 nitrogen and oxygen atoms in total. The van der Waals surface area contributed by atoms with Crippen LogP contribution in [-0.2, 0) is 4.79 Å². The van der Waals surface area contributed by atoms with Gasteiger partial charge in [0.2, 0.25) is 0 Å². The van der Waals surface area contributed by atoms with Crippen LogP contribution in [0.25, 0.3) is 0 Å². The lowest BCUT2D eigenvalue weighted by atomic mass is 10.1. The first kappa shape index (κ1) is 18.7. The average Bonchev–Trinajstić information content (AvgIpc) is 3.29. The van der Waals surface area contributed by atoms with Crippen molar-refractivity contribution in [1.29, 1.82) is 0 Å². The first-order valence-corrected chi connectivity index (χ1v) is 10.6. The highest BCUT2D eigenvalue weighted by molar-refractivity contribution is 7.16. The molecule has 2 aliphatic rings. The zero-order valence-corrected chi connectivity index (χ0v) is 17.0. The van der Waals surface area contributed by atoms with Crippen LogP contribution in [0.2, 0.25) is 9.36 Å². The van der Waals surface area contributed by atoms with E-state index >= 15 is 0 Å². The van der Waals surface area contributed by atoms with E-state index in [-0.39, 0.29) is 11.9 Å². The molecule has 0 spiro atoms. The third-order valence-corrected chi connectivity index (χ3v) is 6.46. The van der Waals surface area contributed by atoms with Crippen molar-refractivity contribution < 1.29 is 4.79 Å². The van der Waals surface area contributed by atoms with Crippen molar-refractivity contribution in [3.8, 4) is 0 Å². The molecule has 1 aromatic carbocycles. The monoisotopic (exact) mass is 422 g/mol. The fourth-order valence-electron chi connectivity index (χ4n) is 3.45. The number of hydrogen-bond acceptors (Lipinski definition) is 5. The minimum Gasteiger partial charge on any atom is -0.284 e. The van der Waals surface area contributed by atoms with Crippen molar-refractivity contribution in [3.05, 3.63) is 50.6 Å². The van der Waals surface area contributed by atoms with Gasteiger partial charge in [-0.1, -0.05) is 41.8 Å². The van der Waals surface area contributed by atoms with Gasteiger partial charge in [0.1, 0.15) is 5.71 Å². The Kier molecular flexibility index (Phi) is 5.68. The summed E-state index contributed by atoms with van der Waals surface area (Å²) < 4.78 is 0.718. The number of amides is 1. The van der Waals surface area contributed by atoms with E-state index in [2.05, 4.69) is 10.5 Å². The van der Waals surface area contributed by atoms with Crippen LogP contribution in [0.3, 0.4) is 0 Å². The van der Waals surface area contributed by atoms with Gasteiger partial charge in [-0.05, 0) is 37.1 Å². The highest BCUT2D eigenvalue weighted by Crippen LogP contribution is 2.41. The third-order valence-electron chi connectivity index (χ3n) is 4.81. The average molecular weight is 423 g/mol. The van der Waals surface area contributed by atoms with Crippen LogP contribution in [0.1, 0.15) is 36.6 Å². The molecule has 142 valence electrons. The standard InChI is InChI=1S/C19H20Cl2N4OS/c20-13-6-2-3-7-15(13)25-16(17-8-9-18(21)27-17)12-14(22-25)19(26)23-24-10-4-1-5-11-24/h2-3,6-9,16H,1,4-5,10-12H2,(H,23,26). The van der Waals surface area contributed by atoms with Crippen molar-refractivity contribution >= 4 is 51.8 Å². The summed E-state index contributed by atoms with van der Waals surface area (Å²) in [5.74, 6) is -0.140. The van der Waals surface area contributed by atoms with Crippen molar-refractivity contribution in [1.82, 2.24) is 10.4 Å². The number of rotatable bonds is 4. The van der Waals surface area contributed by atoms with Gasteiger partial charge in [-0.3, -0.25) is 15.2 Å². The largest absolute Gasteiger partial charge is 0.284 e. The maximum Gasteiger partial charge on any atom is 0.281 e. The van der Waals surface area contributed by atoms with Gasteiger partial charge in [0.25, 0.3) is 5.91 Å². The van der Waals surface area contributed by atoms with E-state index < -0.39 is 0 Å². The Morgan fingerprint density at radius 1 is 1.11 bits per heavy atom. The Morgan fingerprint density at radius 3 is 2.59 bits per heavy atom. The summed E-state index contributed by atoms with van der Waals surface area (Å²) in [6.45, 7) is 1.77. The molecule has 1 fully saturated rings. The number of hydrogen-bond donors (Lipinski definition) is 1. The zero-order valence-electron chi connectivity index (χ0n) is 14.7. The predicted octanol–water partition coefficient (Wildman–Crippen LogP) is 4.88. The molecule has 1 atom stereocenters. The van der Waals surface area contributed by atoms with Gasteiger partial charge in [0, 0.05) is 24.4 Å². The SMILES string of the molecule is O=C(NN1CCCCC1)C1=NN(c2ccccc2Cl)C(c2ccc(Cl)s2)C1. The molecule has 0 aliphatic carbocycles. The fourth-order valence-corrected chi connectivity index (χ4v) is 4.82. The number of nitrogens with one attached hydrogen (secondary N) is 1. The van der Waals surface area contributed by atoms with Crippen LogP contribution in [0.5, 0.6) is 0 Å². The van der Waals surface area contributed by atoms with Crippen molar-refractivity contribution in [2.75, 3.05) is 18.1 Å². The van der Waals surface area contributed by atoms with Crippen LogP contribution in [0, 0.1) is 0 Å². The Labute approximate surface area is 172 Å². The molecule has 0 bridgehead atoms. The molecule has 4 rings (SSSR count). The van der Waals surface area contributed by atoms with Crippen molar-refractivity contribution in [3.63, 3.8) is 0 Å². The Morgan fingerprint density at radius 2 is 1.89 bits per heavy atom. The summed E-state index contributed by atoms with van der Waals surface area (Å²) in [6, 6.07) is 11.3. The van der Waals surface area contributed by atoms with Gasteiger partial charge in [-0.2, -0.15) is 5.10 Å². The molecule has 1 amide bonds. The number of para-hydroxylation sites is 1.